The molecule has 0 amide bonds. The van der Waals surface area contributed by atoms with E-state index in [-0.39, 0.29) is 12.6 Å². The van der Waals surface area contributed by atoms with Crippen molar-refractivity contribution < 1.29 is 9.53 Å². The molecule has 0 atom stereocenters. The third kappa shape index (κ3) is 4.77. The van der Waals surface area contributed by atoms with Crippen LogP contribution in [0.3, 0.4) is 0 Å². The van der Waals surface area contributed by atoms with Crippen LogP contribution in [0.1, 0.15) is 13.3 Å². The number of esters is 1. The molecule has 0 aliphatic carbocycles. The topological polar surface area (TPSA) is 38.7 Å². The summed E-state index contributed by atoms with van der Waals surface area (Å²) in [7, 11) is 0. The first kappa shape index (κ1) is 11.0. The van der Waals surface area contributed by atoms with Crippen molar-refractivity contribution >= 4 is 23.3 Å². The maximum absolute atomic E-state index is 10.9. The van der Waals surface area contributed by atoms with Crippen LogP contribution in [-0.4, -0.2) is 24.3 Å². The highest BCUT2D eigenvalue weighted by Crippen LogP contribution is 1.98. The smallest absolute Gasteiger partial charge is 0.333 e. The molecule has 0 fully saturated rings. The minimum atomic E-state index is -0.364. The van der Waals surface area contributed by atoms with Gasteiger partial charge >= 0.3 is 5.97 Å². The summed E-state index contributed by atoms with van der Waals surface area (Å²) in [6, 6.07) is 0. The van der Waals surface area contributed by atoms with Crippen LogP contribution in [0.5, 0.6) is 0 Å². The van der Waals surface area contributed by atoms with Crippen molar-refractivity contribution in [3.05, 3.63) is 12.2 Å². The van der Waals surface area contributed by atoms with Gasteiger partial charge in [-0.3, -0.25) is 0 Å². The Morgan fingerprint density at radius 3 is 2.92 bits per heavy atom. The maximum Gasteiger partial charge on any atom is 0.333 e. The zero-order chi connectivity index (χ0) is 9.40. The lowest BCUT2D eigenvalue weighted by molar-refractivity contribution is -0.138. The fourth-order valence-electron chi connectivity index (χ4n) is 0.476. The van der Waals surface area contributed by atoms with Crippen molar-refractivity contribution in [2.75, 3.05) is 13.2 Å². The van der Waals surface area contributed by atoms with Gasteiger partial charge in [0.2, 0.25) is 0 Å². The normalized spacial score (nSPS) is 8.42. The van der Waals surface area contributed by atoms with Gasteiger partial charge in [0, 0.05) is 5.57 Å². The second-order valence-corrected chi connectivity index (χ2v) is 2.25. The Balaban J connectivity index is 3.57. The minimum absolute atomic E-state index is 0.238. The number of ether oxygens (including phenoxy) is 1. The van der Waals surface area contributed by atoms with Gasteiger partial charge in [-0.15, -0.1) is 0 Å². The van der Waals surface area contributed by atoms with Crippen LogP contribution in [0.15, 0.2) is 17.1 Å². The molecule has 0 aromatic rings. The standard InChI is InChI=1S/C8H11NO2S/c1-3-7(2)8(10)11-5-4-9-6-12/h2-5H2,1H3. The third-order valence-electron chi connectivity index (χ3n) is 1.22. The van der Waals surface area contributed by atoms with Crippen molar-refractivity contribution in [1.29, 1.82) is 0 Å². The predicted octanol–water partition coefficient (Wildman–Crippen LogP) is 1.60. The van der Waals surface area contributed by atoms with E-state index in [0.717, 1.165) is 0 Å². The molecule has 0 aliphatic rings. The molecule has 66 valence electrons. The van der Waals surface area contributed by atoms with Crippen LogP contribution in [0.4, 0.5) is 0 Å². The molecule has 0 spiro atoms. The molecule has 0 saturated carbocycles. The second-order valence-electron chi connectivity index (χ2n) is 2.07. The Hall–Kier alpha value is -0.990. The first-order valence-electron chi connectivity index (χ1n) is 3.61. The summed E-state index contributed by atoms with van der Waals surface area (Å²) in [5, 5.41) is 2.18. The summed E-state index contributed by atoms with van der Waals surface area (Å²) in [6.07, 6.45) is 0.606. The predicted molar refractivity (Wildman–Crippen MR) is 50.3 cm³/mol. The molecule has 12 heavy (non-hydrogen) atoms. The van der Waals surface area contributed by atoms with Crippen LogP contribution in [0.2, 0.25) is 0 Å². The number of nitrogens with zero attached hydrogens (tertiary/aromatic N) is 1. The Morgan fingerprint density at radius 1 is 1.75 bits per heavy atom. The highest BCUT2D eigenvalue weighted by molar-refractivity contribution is 7.78. The lowest BCUT2D eigenvalue weighted by Crippen LogP contribution is -2.09. The zero-order valence-corrected chi connectivity index (χ0v) is 7.82. The number of hydrogen-bond acceptors (Lipinski definition) is 4. The van der Waals surface area contributed by atoms with Crippen molar-refractivity contribution in [3.8, 4) is 0 Å². The van der Waals surface area contributed by atoms with Gasteiger partial charge in [0.15, 0.2) is 0 Å². The summed E-state index contributed by atoms with van der Waals surface area (Å²) in [6.45, 7) is 5.98. The van der Waals surface area contributed by atoms with E-state index in [1.54, 1.807) is 0 Å². The molecule has 0 N–H and O–H groups in total. The molecule has 0 radical (unpaired) electrons. The largest absolute Gasteiger partial charge is 0.460 e. The van der Waals surface area contributed by atoms with Crippen molar-refractivity contribution in [2.45, 2.75) is 13.3 Å². The van der Waals surface area contributed by atoms with E-state index < -0.39 is 0 Å². The molecule has 0 rings (SSSR count). The van der Waals surface area contributed by atoms with Crippen LogP contribution < -0.4 is 0 Å². The molecule has 0 saturated heterocycles. The first-order chi connectivity index (χ1) is 5.72. The quantitative estimate of drug-likeness (QED) is 0.215. The van der Waals surface area contributed by atoms with Crippen molar-refractivity contribution in [3.63, 3.8) is 0 Å². The van der Waals surface area contributed by atoms with Crippen LogP contribution in [-0.2, 0) is 9.53 Å². The summed E-state index contributed by atoms with van der Waals surface area (Å²) >= 11 is 4.33. The van der Waals surface area contributed by atoms with Crippen LogP contribution in [0.25, 0.3) is 0 Å². The molecule has 0 aliphatic heterocycles. The number of carbonyl (C=O) groups is 1. The van der Waals surface area contributed by atoms with Crippen molar-refractivity contribution in [2.24, 2.45) is 4.99 Å². The first-order valence-corrected chi connectivity index (χ1v) is 4.01. The average molecular weight is 185 g/mol. The zero-order valence-electron chi connectivity index (χ0n) is 7.00. The molecule has 0 unspecified atom stereocenters. The lowest BCUT2D eigenvalue weighted by atomic mass is 10.2. The minimum Gasteiger partial charge on any atom is -0.460 e. The number of hydrogen-bond donors (Lipinski definition) is 0. The number of thiocarbonyl (C=S) groups is 1. The highest BCUT2D eigenvalue weighted by atomic mass is 32.1. The second kappa shape index (κ2) is 6.70. The van der Waals surface area contributed by atoms with E-state index in [2.05, 4.69) is 29.0 Å². The number of isothiocyanates is 1. The Labute approximate surface area is 77.1 Å². The van der Waals surface area contributed by atoms with Gasteiger partial charge in [0.25, 0.3) is 0 Å². The van der Waals surface area contributed by atoms with Gasteiger partial charge in [-0.1, -0.05) is 13.5 Å². The van der Waals surface area contributed by atoms with Gasteiger partial charge < -0.3 is 4.74 Å². The van der Waals surface area contributed by atoms with E-state index in [9.17, 15) is 4.79 Å². The average Bonchev–Trinajstić information content (AvgIpc) is 2.10. The Morgan fingerprint density at radius 2 is 2.42 bits per heavy atom. The van der Waals surface area contributed by atoms with Gasteiger partial charge in [-0.2, -0.15) is 0 Å². The Bertz CT molecular complexity index is 219. The fourth-order valence-corrected chi connectivity index (χ4v) is 0.567. The van der Waals surface area contributed by atoms with Gasteiger partial charge in [0.1, 0.15) is 6.61 Å². The molecule has 0 aromatic carbocycles. The number of aliphatic imine (C=N–C) groups is 1. The summed E-state index contributed by atoms with van der Waals surface area (Å²) in [5.41, 5.74) is 0.473. The number of carbonyl (C=O) groups excluding carboxylic acids is 1. The van der Waals surface area contributed by atoms with E-state index in [1.807, 2.05) is 6.92 Å². The summed E-state index contributed by atoms with van der Waals surface area (Å²) < 4.78 is 4.78. The molecule has 4 heteroatoms. The Kier molecular flexibility index (Phi) is 6.15. The van der Waals surface area contributed by atoms with E-state index in [0.29, 0.717) is 18.5 Å². The molecule has 0 heterocycles. The molecular formula is C8H11NO2S. The summed E-state index contributed by atoms with van der Waals surface area (Å²) in [4.78, 5) is 14.5. The highest BCUT2D eigenvalue weighted by Gasteiger charge is 2.04. The summed E-state index contributed by atoms with van der Waals surface area (Å²) in [5.74, 6) is -0.364. The van der Waals surface area contributed by atoms with Crippen LogP contribution in [0, 0.1) is 0 Å². The maximum atomic E-state index is 10.9. The van der Waals surface area contributed by atoms with Crippen LogP contribution >= 0.6 is 12.2 Å². The van der Waals surface area contributed by atoms with E-state index >= 15 is 0 Å². The van der Waals surface area contributed by atoms with E-state index in [4.69, 9.17) is 4.74 Å². The molecule has 3 nitrogen and oxygen atoms in total. The lowest BCUT2D eigenvalue weighted by Gasteiger charge is -2.01. The monoisotopic (exact) mass is 185 g/mol. The number of rotatable bonds is 5. The SMILES string of the molecule is C=C(CC)C(=O)OCCN=C=S. The van der Waals surface area contributed by atoms with E-state index in [1.165, 1.54) is 0 Å². The fraction of sp³-hybridized carbons (Fsp3) is 0.500. The molecule has 0 bridgehead atoms. The van der Waals surface area contributed by atoms with Gasteiger partial charge in [-0.05, 0) is 18.6 Å². The van der Waals surface area contributed by atoms with Gasteiger partial charge in [-0.25, -0.2) is 9.79 Å². The molecular weight excluding hydrogens is 174 g/mol. The van der Waals surface area contributed by atoms with Crippen molar-refractivity contribution in [1.82, 2.24) is 0 Å². The third-order valence-corrected chi connectivity index (χ3v) is 1.35. The molecule has 0 aromatic heterocycles. The van der Waals surface area contributed by atoms with Gasteiger partial charge in [0.05, 0.1) is 11.7 Å².